The zero-order valence-electron chi connectivity index (χ0n) is 16.7. The van der Waals surface area contributed by atoms with Gasteiger partial charge in [-0.05, 0) is 12.8 Å². The second kappa shape index (κ2) is 8.56. The van der Waals surface area contributed by atoms with Gasteiger partial charge >= 0.3 is 22.4 Å². The molecule has 3 amide bonds. The molecule has 1 aromatic rings. The van der Waals surface area contributed by atoms with Crippen LogP contribution in [0.1, 0.15) is 18.5 Å². The van der Waals surface area contributed by atoms with Crippen molar-refractivity contribution in [1.82, 2.24) is 19.5 Å². The number of rotatable bonds is 8. The molecule has 0 radical (unpaired) electrons. The van der Waals surface area contributed by atoms with Crippen molar-refractivity contribution in [2.24, 2.45) is 11.1 Å². The smallest absolute Gasteiger partial charge is 0.410 e. The molecule has 2 saturated heterocycles. The molecule has 15 nitrogen and oxygen atoms in total. The summed E-state index contributed by atoms with van der Waals surface area (Å²) in [6, 6.07) is -2.74. The van der Waals surface area contributed by atoms with Crippen molar-refractivity contribution in [2.45, 2.75) is 24.9 Å². The zero-order chi connectivity index (χ0) is 23.9. The summed E-state index contributed by atoms with van der Waals surface area (Å²) in [5.74, 6) is -3.08. The summed E-state index contributed by atoms with van der Waals surface area (Å²) in [7, 11) is -4.96. The Bertz CT molecular complexity index is 1150. The van der Waals surface area contributed by atoms with Crippen LogP contribution in [0.4, 0.5) is 9.93 Å². The average Bonchev–Trinajstić information content (AvgIpc) is 3.39. The fraction of sp³-hybridized carbons (Fsp3) is 0.500. The first kappa shape index (κ1) is 22.9. The van der Waals surface area contributed by atoms with Crippen molar-refractivity contribution in [3.05, 3.63) is 11.1 Å². The van der Waals surface area contributed by atoms with Crippen LogP contribution in [0.5, 0.6) is 0 Å². The number of nitrogens with one attached hydrogen (secondary N) is 1. The lowest BCUT2D eigenvalue weighted by atomic mass is 9.97. The number of aromatic nitrogens is 1. The summed E-state index contributed by atoms with van der Waals surface area (Å²) >= 11 is 0.988. The van der Waals surface area contributed by atoms with Gasteiger partial charge in [-0.15, -0.1) is 11.3 Å². The van der Waals surface area contributed by atoms with Crippen molar-refractivity contribution < 1.29 is 41.7 Å². The van der Waals surface area contributed by atoms with Crippen LogP contribution in [0.15, 0.2) is 10.5 Å². The topological polar surface area (TPSA) is 211 Å². The maximum absolute atomic E-state index is 12.9. The molecular formula is C16H18N6O9S2. The fourth-order valence-corrected chi connectivity index (χ4v) is 4.67. The third-order valence-corrected chi connectivity index (χ3v) is 6.70. The summed E-state index contributed by atoms with van der Waals surface area (Å²) in [5.41, 5.74) is 5.10. The zero-order valence-corrected chi connectivity index (χ0v) is 18.4. The lowest BCUT2D eigenvalue weighted by molar-refractivity contribution is -0.146. The number of ether oxygens (including phenoxy) is 1. The Hall–Kier alpha value is -3.31. The van der Waals surface area contributed by atoms with Gasteiger partial charge in [-0.2, -0.15) is 8.42 Å². The third kappa shape index (κ3) is 4.74. The lowest BCUT2D eigenvalue weighted by Gasteiger charge is -2.45. The summed E-state index contributed by atoms with van der Waals surface area (Å²) in [5, 5.41) is 7.36. The molecule has 1 aromatic heterocycles. The minimum atomic E-state index is -4.96. The molecule has 33 heavy (non-hydrogen) atoms. The highest BCUT2D eigenvalue weighted by molar-refractivity contribution is 7.84. The molecule has 4 rings (SSSR count). The number of nitrogen functional groups attached to an aromatic ring is 1. The Labute approximate surface area is 190 Å². The number of oxime groups is 1. The maximum atomic E-state index is 12.9. The number of carbonyl (C=O) groups is 4. The second-order valence-corrected chi connectivity index (χ2v) is 9.56. The number of carbonyl (C=O) groups excluding carboxylic acids is 4. The maximum Gasteiger partial charge on any atom is 0.410 e. The Morgan fingerprint density at radius 1 is 1.39 bits per heavy atom. The van der Waals surface area contributed by atoms with Gasteiger partial charge in [0.05, 0.1) is 18.5 Å². The van der Waals surface area contributed by atoms with Gasteiger partial charge in [0, 0.05) is 11.9 Å². The van der Waals surface area contributed by atoms with Crippen molar-refractivity contribution >= 4 is 56.4 Å². The Kier molecular flexibility index (Phi) is 5.93. The predicted molar refractivity (Wildman–Crippen MR) is 109 cm³/mol. The highest BCUT2D eigenvalue weighted by atomic mass is 32.2. The normalized spacial score (nSPS) is 23.2. The molecule has 178 valence electrons. The van der Waals surface area contributed by atoms with Gasteiger partial charge in [-0.25, -0.2) is 18.9 Å². The number of amides is 3. The van der Waals surface area contributed by atoms with Gasteiger partial charge in [0.15, 0.2) is 10.8 Å². The molecule has 0 unspecified atom stereocenters. The first-order chi connectivity index (χ1) is 15.6. The molecule has 2 atom stereocenters. The van der Waals surface area contributed by atoms with Crippen LogP contribution in [0, 0.1) is 5.92 Å². The minimum Gasteiger partial charge on any atom is -0.448 e. The number of hydrogen-bond donors (Lipinski definition) is 3. The van der Waals surface area contributed by atoms with Crippen LogP contribution < -0.4 is 11.1 Å². The van der Waals surface area contributed by atoms with Crippen LogP contribution in [0.3, 0.4) is 0 Å². The number of anilines is 1. The predicted octanol–water partition coefficient (Wildman–Crippen LogP) is -1.67. The number of β-lactam (4-membered cyclic amide) rings is 1. The van der Waals surface area contributed by atoms with E-state index in [1.54, 1.807) is 0 Å². The standard InChI is InChI=1S/C16H18N6O9S2/c17-15-18-8(6-32-15)10(20-31-14(25)7-1-2-7)12(23)19-11-9(5-21-3-4-30-16(21)26)22(13(11)24)33(27,28)29/h6-7,9,11H,1-5H2,(H2,17,18)(H,19,23)(H,27,28,29)/b20-10-/t9-,11+/m1/s1. The van der Waals surface area contributed by atoms with E-state index in [4.69, 9.17) is 15.3 Å². The van der Waals surface area contributed by atoms with E-state index in [2.05, 4.69) is 15.5 Å². The average molecular weight is 502 g/mol. The van der Waals surface area contributed by atoms with Crippen LogP contribution >= 0.6 is 11.3 Å². The second-order valence-electron chi connectivity index (χ2n) is 7.39. The van der Waals surface area contributed by atoms with E-state index >= 15 is 0 Å². The summed E-state index contributed by atoms with van der Waals surface area (Å²) in [4.78, 5) is 58.7. The molecule has 1 aliphatic carbocycles. The molecule has 3 aliphatic rings. The van der Waals surface area contributed by atoms with Gasteiger partial charge in [0.2, 0.25) is 0 Å². The van der Waals surface area contributed by atoms with E-state index in [1.165, 1.54) is 5.38 Å². The monoisotopic (exact) mass is 502 g/mol. The largest absolute Gasteiger partial charge is 0.448 e. The van der Waals surface area contributed by atoms with E-state index in [9.17, 15) is 32.1 Å². The van der Waals surface area contributed by atoms with E-state index in [-0.39, 0.29) is 40.7 Å². The van der Waals surface area contributed by atoms with Gasteiger partial charge in [0.1, 0.15) is 18.3 Å². The van der Waals surface area contributed by atoms with Crippen LogP contribution in [0.2, 0.25) is 0 Å². The van der Waals surface area contributed by atoms with Gasteiger partial charge in [0.25, 0.3) is 11.8 Å². The van der Waals surface area contributed by atoms with Gasteiger partial charge in [-0.3, -0.25) is 14.1 Å². The molecule has 4 N–H and O–H groups in total. The van der Waals surface area contributed by atoms with E-state index in [0.29, 0.717) is 12.8 Å². The van der Waals surface area contributed by atoms with Gasteiger partial charge in [-0.1, -0.05) is 5.16 Å². The number of nitrogens with zero attached hydrogens (tertiary/aromatic N) is 4. The molecule has 2 aliphatic heterocycles. The highest BCUT2D eigenvalue weighted by Crippen LogP contribution is 2.30. The molecule has 1 saturated carbocycles. The van der Waals surface area contributed by atoms with E-state index < -0.39 is 52.0 Å². The number of nitrogens with two attached hydrogens (primary N) is 1. The molecule has 0 aromatic carbocycles. The Morgan fingerprint density at radius 3 is 2.67 bits per heavy atom. The Balaban J connectivity index is 1.54. The first-order valence-corrected chi connectivity index (χ1v) is 11.9. The third-order valence-electron chi connectivity index (χ3n) is 5.07. The lowest BCUT2D eigenvalue weighted by Crippen LogP contribution is -2.74. The van der Waals surface area contributed by atoms with Crippen LogP contribution in [-0.4, -0.2) is 88.5 Å². The van der Waals surface area contributed by atoms with Crippen molar-refractivity contribution in [1.29, 1.82) is 0 Å². The number of thiazole rings is 1. The minimum absolute atomic E-state index is 0.0309. The summed E-state index contributed by atoms with van der Waals surface area (Å²) < 4.78 is 37.6. The van der Waals surface area contributed by atoms with E-state index in [1.807, 2.05) is 0 Å². The fourth-order valence-electron chi connectivity index (χ4n) is 3.25. The van der Waals surface area contributed by atoms with E-state index in [0.717, 1.165) is 16.2 Å². The van der Waals surface area contributed by atoms with Gasteiger partial charge < -0.3 is 25.5 Å². The first-order valence-electron chi connectivity index (χ1n) is 9.59. The molecule has 3 heterocycles. The van der Waals surface area contributed by atoms with Crippen molar-refractivity contribution in [2.75, 3.05) is 25.4 Å². The highest BCUT2D eigenvalue weighted by Gasteiger charge is 2.55. The quantitative estimate of drug-likeness (QED) is 0.120. The van der Waals surface area contributed by atoms with Crippen LogP contribution in [0.25, 0.3) is 0 Å². The molecule has 0 bridgehead atoms. The molecular weight excluding hydrogens is 484 g/mol. The Morgan fingerprint density at radius 2 is 2.12 bits per heavy atom. The van der Waals surface area contributed by atoms with Crippen molar-refractivity contribution in [3.63, 3.8) is 0 Å². The number of cyclic esters (lactones) is 1. The molecule has 17 heteroatoms. The number of hydrogen-bond acceptors (Lipinski definition) is 12. The summed E-state index contributed by atoms with van der Waals surface area (Å²) in [6.45, 7) is -0.135. The molecule has 3 fully saturated rings. The van der Waals surface area contributed by atoms with Crippen molar-refractivity contribution in [3.8, 4) is 0 Å². The molecule has 0 spiro atoms. The summed E-state index contributed by atoms with van der Waals surface area (Å²) in [6.07, 6.45) is 0.548. The SMILES string of the molecule is Nc1nc(/C(=N/OC(=O)C2CC2)C(=O)N[C@@H]2C(=O)N(S(=O)(=O)O)[C@@H]2CN2CCOC2=O)cs1. The van der Waals surface area contributed by atoms with Crippen LogP contribution in [-0.2, 0) is 34.3 Å².